The lowest BCUT2D eigenvalue weighted by Crippen LogP contribution is -2.38. The summed E-state index contributed by atoms with van der Waals surface area (Å²) < 4.78 is 1.88. The standard InChI is InChI=1S/C24H38N6O.HI/c1-8-25-24(28(6)16-21-17-29(7)27-22(21)18(4)5)26-15-19-11-13-20(14-12-19)23(31)30(9-2)10-3;/h11-14,17-18H,8-10,15-16H2,1-7H3,(H,25,26);1H. The Balaban J connectivity index is 0.00000512. The first-order valence-corrected chi connectivity index (χ1v) is 11.2. The van der Waals surface area contributed by atoms with Gasteiger partial charge in [0.15, 0.2) is 5.96 Å². The molecule has 1 N–H and O–H groups in total. The highest BCUT2D eigenvalue weighted by molar-refractivity contribution is 14.0. The van der Waals surface area contributed by atoms with Gasteiger partial charge in [-0.3, -0.25) is 9.48 Å². The van der Waals surface area contributed by atoms with Crippen molar-refractivity contribution < 1.29 is 4.79 Å². The van der Waals surface area contributed by atoms with E-state index in [4.69, 9.17) is 4.99 Å². The maximum atomic E-state index is 12.5. The lowest BCUT2D eigenvalue weighted by Gasteiger charge is -2.22. The van der Waals surface area contributed by atoms with E-state index in [-0.39, 0.29) is 29.9 Å². The van der Waals surface area contributed by atoms with E-state index in [1.165, 1.54) is 5.56 Å². The zero-order valence-corrected chi connectivity index (χ0v) is 22.9. The summed E-state index contributed by atoms with van der Waals surface area (Å²) in [5.41, 5.74) is 4.13. The van der Waals surface area contributed by atoms with E-state index in [2.05, 4.69) is 42.3 Å². The molecule has 1 aromatic carbocycles. The summed E-state index contributed by atoms with van der Waals surface area (Å²) in [5.74, 6) is 1.30. The fraction of sp³-hybridized carbons (Fsp3) is 0.542. The van der Waals surface area contributed by atoms with Crippen molar-refractivity contribution in [2.24, 2.45) is 12.0 Å². The van der Waals surface area contributed by atoms with Crippen LogP contribution < -0.4 is 5.32 Å². The van der Waals surface area contributed by atoms with E-state index in [1.54, 1.807) is 0 Å². The molecule has 1 amide bonds. The number of aliphatic imine (C=N–C) groups is 1. The Morgan fingerprint density at radius 3 is 2.31 bits per heavy atom. The van der Waals surface area contributed by atoms with E-state index in [0.29, 0.717) is 12.5 Å². The quantitative estimate of drug-likeness (QED) is 0.286. The average Bonchev–Trinajstić information content (AvgIpc) is 3.12. The molecule has 0 aliphatic heterocycles. The van der Waals surface area contributed by atoms with Crippen LogP contribution in [0.2, 0.25) is 0 Å². The monoisotopic (exact) mass is 554 g/mol. The summed E-state index contributed by atoms with van der Waals surface area (Å²) in [7, 11) is 4.01. The normalized spacial score (nSPS) is 11.3. The van der Waals surface area contributed by atoms with Gasteiger partial charge in [0.1, 0.15) is 0 Å². The van der Waals surface area contributed by atoms with E-state index < -0.39 is 0 Å². The first-order chi connectivity index (χ1) is 14.8. The smallest absolute Gasteiger partial charge is 0.253 e. The molecule has 0 atom stereocenters. The number of aryl methyl sites for hydroxylation is 1. The molecule has 0 fully saturated rings. The average molecular weight is 555 g/mol. The highest BCUT2D eigenvalue weighted by Gasteiger charge is 2.15. The number of hydrogen-bond acceptors (Lipinski definition) is 3. The molecule has 0 saturated heterocycles. The molecule has 32 heavy (non-hydrogen) atoms. The van der Waals surface area contributed by atoms with Crippen molar-refractivity contribution in [3.63, 3.8) is 0 Å². The third kappa shape index (κ3) is 7.50. The summed E-state index contributed by atoms with van der Waals surface area (Å²) in [6.07, 6.45) is 2.08. The zero-order valence-electron chi connectivity index (χ0n) is 20.6. The molecule has 1 aromatic heterocycles. The van der Waals surface area contributed by atoms with Crippen LogP contribution in [0.3, 0.4) is 0 Å². The Hall–Kier alpha value is -2.10. The molecule has 0 aliphatic carbocycles. The van der Waals surface area contributed by atoms with Gasteiger partial charge in [0.05, 0.1) is 12.2 Å². The molecule has 0 spiro atoms. The first kappa shape index (κ1) is 27.9. The second-order valence-electron chi connectivity index (χ2n) is 8.07. The van der Waals surface area contributed by atoms with Gasteiger partial charge in [-0.1, -0.05) is 26.0 Å². The fourth-order valence-electron chi connectivity index (χ4n) is 3.58. The number of nitrogens with zero attached hydrogens (tertiary/aromatic N) is 5. The Morgan fingerprint density at radius 2 is 1.78 bits per heavy atom. The third-order valence-corrected chi connectivity index (χ3v) is 5.25. The third-order valence-electron chi connectivity index (χ3n) is 5.25. The minimum atomic E-state index is 0. The molecule has 178 valence electrons. The van der Waals surface area contributed by atoms with Crippen LogP contribution in [0, 0.1) is 0 Å². The van der Waals surface area contributed by atoms with Crippen molar-refractivity contribution in [2.75, 3.05) is 26.7 Å². The Morgan fingerprint density at radius 1 is 1.16 bits per heavy atom. The van der Waals surface area contributed by atoms with Crippen molar-refractivity contribution in [3.8, 4) is 0 Å². The van der Waals surface area contributed by atoms with Gasteiger partial charge in [0.2, 0.25) is 0 Å². The summed E-state index contributed by atoms with van der Waals surface area (Å²) in [4.78, 5) is 21.3. The Labute approximate surface area is 210 Å². The number of carbonyl (C=O) groups excluding carboxylic acids is 1. The molecule has 1 heterocycles. The van der Waals surface area contributed by atoms with Crippen LogP contribution in [0.5, 0.6) is 0 Å². The number of halogens is 1. The van der Waals surface area contributed by atoms with E-state index in [0.717, 1.165) is 49.0 Å². The minimum absolute atomic E-state index is 0. The molecule has 7 nitrogen and oxygen atoms in total. The van der Waals surface area contributed by atoms with Gasteiger partial charge in [-0.15, -0.1) is 24.0 Å². The van der Waals surface area contributed by atoms with Crippen LogP contribution in [-0.4, -0.2) is 58.1 Å². The number of aromatic nitrogens is 2. The van der Waals surface area contributed by atoms with E-state index >= 15 is 0 Å². The molecule has 2 rings (SSSR count). The number of rotatable bonds is 9. The molecule has 0 radical (unpaired) electrons. The van der Waals surface area contributed by atoms with Crippen molar-refractivity contribution in [3.05, 3.63) is 52.8 Å². The van der Waals surface area contributed by atoms with E-state index in [1.807, 2.05) is 61.8 Å². The van der Waals surface area contributed by atoms with Crippen molar-refractivity contribution >= 4 is 35.8 Å². The maximum absolute atomic E-state index is 12.5. The van der Waals surface area contributed by atoms with Gasteiger partial charge in [0, 0.05) is 57.6 Å². The highest BCUT2D eigenvalue weighted by Crippen LogP contribution is 2.18. The van der Waals surface area contributed by atoms with Crippen LogP contribution in [0.4, 0.5) is 0 Å². The van der Waals surface area contributed by atoms with Crippen molar-refractivity contribution in [1.82, 2.24) is 24.9 Å². The second kappa shape index (κ2) is 13.4. The minimum Gasteiger partial charge on any atom is -0.357 e. The molecule has 0 aliphatic rings. The summed E-state index contributed by atoms with van der Waals surface area (Å²) >= 11 is 0. The number of hydrogen-bond donors (Lipinski definition) is 1. The predicted molar refractivity (Wildman–Crippen MR) is 143 cm³/mol. The summed E-state index contributed by atoms with van der Waals surface area (Å²) in [6, 6.07) is 7.77. The maximum Gasteiger partial charge on any atom is 0.253 e. The summed E-state index contributed by atoms with van der Waals surface area (Å²) in [6.45, 7) is 13.9. The lowest BCUT2D eigenvalue weighted by atomic mass is 10.1. The largest absolute Gasteiger partial charge is 0.357 e. The van der Waals surface area contributed by atoms with Gasteiger partial charge >= 0.3 is 0 Å². The summed E-state index contributed by atoms with van der Waals surface area (Å²) in [5, 5.41) is 7.98. The molecule has 0 saturated carbocycles. The lowest BCUT2D eigenvalue weighted by molar-refractivity contribution is 0.0773. The van der Waals surface area contributed by atoms with Crippen LogP contribution in [0.15, 0.2) is 35.5 Å². The topological polar surface area (TPSA) is 65.8 Å². The number of amides is 1. The Bertz CT molecular complexity index is 871. The molecular formula is C24H39IN6O. The first-order valence-electron chi connectivity index (χ1n) is 11.2. The van der Waals surface area contributed by atoms with Gasteiger partial charge in [-0.2, -0.15) is 5.10 Å². The number of carbonyl (C=O) groups is 1. The number of benzene rings is 1. The van der Waals surface area contributed by atoms with E-state index in [9.17, 15) is 4.79 Å². The molecule has 8 heteroatoms. The molecule has 0 bridgehead atoms. The fourth-order valence-corrected chi connectivity index (χ4v) is 3.58. The van der Waals surface area contributed by atoms with Gasteiger partial charge < -0.3 is 15.1 Å². The Kier molecular flexibility index (Phi) is 11.7. The number of nitrogens with one attached hydrogen (secondary N) is 1. The van der Waals surface area contributed by atoms with Crippen LogP contribution in [0.25, 0.3) is 0 Å². The molecule has 0 unspecified atom stereocenters. The van der Waals surface area contributed by atoms with Crippen LogP contribution in [-0.2, 0) is 20.1 Å². The second-order valence-corrected chi connectivity index (χ2v) is 8.07. The number of guanidine groups is 1. The molecule has 2 aromatic rings. The van der Waals surface area contributed by atoms with Gasteiger partial charge in [-0.25, -0.2) is 4.99 Å². The SMILES string of the molecule is CCNC(=NCc1ccc(C(=O)N(CC)CC)cc1)N(C)Cc1cn(C)nc1C(C)C.I. The van der Waals surface area contributed by atoms with Gasteiger partial charge in [0.25, 0.3) is 5.91 Å². The van der Waals surface area contributed by atoms with Crippen LogP contribution >= 0.6 is 24.0 Å². The van der Waals surface area contributed by atoms with Gasteiger partial charge in [-0.05, 0) is 44.4 Å². The predicted octanol–water partition coefficient (Wildman–Crippen LogP) is 4.24. The van der Waals surface area contributed by atoms with Crippen LogP contribution in [0.1, 0.15) is 67.7 Å². The highest BCUT2D eigenvalue weighted by atomic mass is 127. The van der Waals surface area contributed by atoms with Crippen molar-refractivity contribution in [2.45, 2.75) is 53.6 Å². The zero-order chi connectivity index (χ0) is 23.0. The van der Waals surface area contributed by atoms with Crippen molar-refractivity contribution in [1.29, 1.82) is 0 Å². The molecular weight excluding hydrogens is 515 g/mol.